The molecule has 1 heterocycles. The van der Waals surface area contributed by atoms with Crippen LogP contribution in [0.15, 0.2) is 18.2 Å². The van der Waals surface area contributed by atoms with Gasteiger partial charge in [0.05, 0.1) is 10.7 Å². The van der Waals surface area contributed by atoms with Gasteiger partial charge in [-0.1, -0.05) is 18.0 Å². The minimum absolute atomic E-state index is 0.0964. The topological polar surface area (TPSA) is 58.4 Å². The highest BCUT2D eigenvalue weighted by molar-refractivity contribution is 6.33. The summed E-state index contributed by atoms with van der Waals surface area (Å²) in [5, 5.41) is 3.38. The number of amides is 1. The number of carbonyl (C=O) groups is 1. The van der Waals surface area contributed by atoms with Crippen molar-refractivity contribution < 1.29 is 4.79 Å². The lowest BCUT2D eigenvalue weighted by Gasteiger charge is -2.32. The Morgan fingerprint density at radius 2 is 2.32 bits per heavy atom. The predicted molar refractivity (Wildman–Crippen MR) is 78.5 cm³/mol. The van der Waals surface area contributed by atoms with Gasteiger partial charge in [-0.25, -0.2) is 0 Å². The number of piperidine rings is 1. The maximum absolute atomic E-state index is 12.0. The van der Waals surface area contributed by atoms with Crippen molar-refractivity contribution in [3.8, 4) is 0 Å². The van der Waals surface area contributed by atoms with Gasteiger partial charge in [0.15, 0.2) is 0 Å². The average Bonchev–Trinajstić information content (AvgIpc) is 2.40. The van der Waals surface area contributed by atoms with Crippen molar-refractivity contribution in [2.45, 2.75) is 25.3 Å². The lowest BCUT2D eigenvalue weighted by molar-refractivity contribution is 0.0928. The van der Waals surface area contributed by atoms with E-state index in [0.717, 1.165) is 13.0 Å². The van der Waals surface area contributed by atoms with Gasteiger partial charge in [-0.3, -0.25) is 4.79 Å². The number of nitrogen functional groups attached to an aromatic ring is 1. The van der Waals surface area contributed by atoms with Gasteiger partial charge >= 0.3 is 0 Å². The zero-order chi connectivity index (χ0) is 13.8. The van der Waals surface area contributed by atoms with Crippen molar-refractivity contribution in [2.24, 2.45) is 0 Å². The molecule has 1 unspecified atom stereocenters. The Kier molecular flexibility index (Phi) is 4.66. The third-order valence-electron chi connectivity index (χ3n) is 3.68. The minimum Gasteiger partial charge on any atom is -0.398 e. The number of rotatable bonds is 3. The zero-order valence-electron chi connectivity index (χ0n) is 11.2. The smallest absolute Gasteiger partial charge is 0.251 e. The highest BCUT2D eigenvalue weighted by atomic mass is 35.5. The minimum atomic E-state index is -0.0964. The fourth-order valence-corrected chi connectivity index (χ4v) is 2.56. The van der Waals surface area contributed by atoms with Gasteiger partial charge in [-0.2, -0.15) is 0 Å². The van der Waals surface area contributed by atoms with Crippen LogP contribution in [0.25, 0.3) is 0 Å². The number of nitrogens with two attached hydrogens (primary N) is 1. The number of likely N-dealkylation sites (N-methyl/N-ethyl adjacent to an activating group) is 1. The van der Waals surface area contributed by atoms with Gasteiger partial charge in [-0.05, 0) is 44.6 Å². The third kappa shape index (κ3) is 3.61. The summed E-state index contributed by atoms with van der Waals surface area (Å²) in [4.78, 5) is 14.3. The van der Waals surface area contributed by atoms with Crippen molar-refractivity contribution in [1.82, 2.24) is 10.2 Å². The molecule has 0 spiro atoms. The van der Waals surface area contributed by atoms with Crippen molar-refractivity contribution in [3.05, 3.63) is 28.8 Å². The summed E-state index contributed by atoms with van der Waals surface area (Å²) in [7, 11) is 2.11. The van der Waals surface area contributed by atoms with E-state index in [1.165, 1.54) is 12.8 Å². The third-order valence-corrected chi connectivity index (χ3v) is 4.01. The number of halogens is 1. The van der Waals surface area contributed by atoms with E-state index in [9.17, 15) is 4.79 Å². The van der Waals surface area contributed by atoms with Gasteiger partial charge in [0.25, 0.3) is 5.91 Å². The van der Waals surface area contributed by atoms with Crippen LogP contribution in [-0.2, 0) is 0 Å². The molecule has 0 saturated carbocycles. The molecule has 1 amide bonds. The monoisotopic (exact) mass is 281 g/mol. The molecule has 0 bridgehead atoms. The number of nitrogens with zero attached hydrogens (tertiary/aromatic N) is 1. The molecule has 1 aliphatic rings. The average molecular weight is 282 g/mol. The van der Waals surface area contributed by atoms with Crippen molar-refractivity contribution >= 4 is 23.2 Å². The molecule has 1 aromatic carbocycles. The summed E-state index contributed by atoms with van der Waals surface area (Å²) in [5.41, 5.74) is 6.67. The Hall–Kier alpha value is -1.26. The van der Waals surface area contributed by atoms with Crippen LogP contribution in [-0.4, -0.2) is 37.0 Å². The van der Waals surface area contributed by atoms with Gasteiger partial charge < -0.3 is 16.0 Å². The van der Waals surface area contributed by atoms with Gasteiger partial charge in [-0.15, -0.1) is 0 Å². The van der Waals surface area contributed by atoms with E-state index < -0.39 is 0 Å². The van der Waals surface area contributed by atoms with Crippen molar-refractivity contribution in [3.63, 3.8) is 0 Å². The normalized spacial score (nSPS) is 20.2. The highest BCUT2D eigenvalue weighted by Crippen LogP contribution is 2.19. The van der Waals surface area contributed by atoms with E-state index in [1.54, 1.807) is 18.2 Å². The molecule has 1 atom stereocenters. The SMILES string of the molecule is CN1CCCCC1CNC(=O)c1ccc(N)c(Cl)c1. The van der Waals surface area contributed by atoms with Gasteiger partial charge in [0.1, 0.15) is 0 Å². The Morgan fingerprint density at radius 3 is 3.00 bits per heavy atom. The Balaban J connectivity index is 1.91. The molecule has 4 nitrogen and oxygen atoms in total. The van der Waals surface area contributed by atoms with E-state index in [0.29, 0.717) is 28.9 Å². The lowest BCUT2D eigenvalue weighted by Crippen LogP contribution is -2.44. The fourth-order valence-electron chi connectivity index (χ4n) is 2.38. The molecular formula is C14H20ClN3O. The summed E-state index contributed by atoms with van der Waals surface area (Å²) in [6.45, 7) is 1.78. The lowest BCUT2D eigenvalue weighted by atomic mass is 10.0. The van der Waals surface area contributed by atoms with Crippen molar-refractivity contribution in [2.75, 3.05) is 25.9 Å². The fraction of sp³-hybridized carbons (Fsp3) is 0.500. The molecule has 5 heteroatoms. The molecule has 0 aromatic heterocycles. The molecule has 104 valence electrons. The molecule has 1 fully saturated rings. The molecule has 1 aromatic rings. The predicted octanol–water partition coefficient (Wildman–Crippen LogP) is 2.14. The summed E-state index contributed by atoms with van der Waals surface area (Å²) in [5.74, 6) is -0.0964. The van der Waals surface area contributed by atoms with E-state index >= 15 is 0 Å². The van der Waals surface area contributed by atoms with Crippen LogP contribution in [0.4, 0.5) is 5.69 Å². The van der Waals surface area contributed by atoms with E-state index in [2.05, 4.69) is 17.3 Å². The first-order valence-electron chi connectivity index (χ1n) is 6.61. The molecule has 19 heavy (non-hydrogen) atoms. The second kappa shape index (κ2) is 6.26. The van der Waals surface area contributed by atoms with E-state index in [-0.39, 0.29) is 5.91 Å². The van der Waals surface area contributed by atoms with Crippen LogP contribution in [0.3, 0.4) is 0 Å². The summed E-state index contributed by atoms with van der Waals surface area (Å²) in [6, 6.07) is 5.39. The molecule has 3 N–H and O–H groups in total. The summed E-state index contributed by atoms with van der Waals surface area (Å²) in [6.07, 6.45) is 3.62. The Morgan fingerprint density at radius 1 is 1.53 bits per heavy atom. The number of hydrogen-bond acceptors (Lipinski definition) is 3. The molecule has 2 rings (SSSR count). The molecule has 0 radical (unpaired) electrons. The molecule has 1 saturated heterocycles. The van der Waals surface area contributed by atoms with E-state index in [1.807, 2.05) is 0 Å². The molecule has 0 aliphatic carbocycles. The number of nitrogens with one attached hydrogen (secondary N) is 1. The number of hydrogen-bond donors (Lipinski definition) is 2. The van der Waals surface area contributed by atoms with Crippen molar-refractivity contribution in [1.29, 1.82) is 0 Å². The maximum Gasteiger partial charge on any atom is 0.251 e. The van der Waals surface area contributed by atoms with Crippen LogP contribution in [0.5, 0.6) is 0 Å². The number of likely N-dealkylation sites (tertiary alicyclic amines) is 1. The van der Waals surface area contributed by atoms with Gasteiger partial charge in [0.2, 0.25) is 0 Å². The summed E-state index contributed by atoms with van der Waals surface area (Å²) >= 11 is 5.92. The van der Waals surface area contributed by atoms with Gasteiger partial charge in [0, 0.05) is 18.2 Å². The summed E-state index contributed by atoms with van der Waals surface area (Å²) < 4.78 is 0. The first-order chi connectivity index (χ1) is 9.08. The van der Waals surface area contributed by atoms with Crippen LogP contribution in [0, 0.1) is 0 Å². The standard InChI is InChI=1S/C14H20ClN3O/c1-18-7-3-2-4-11(18)9-17-14(19)10-5-6-13(16)12(15)8-10/h5-6,8,11H,2-4,7,9,16H2,1H3,(H,17,19). The maximum atomic E-state index is 12.0. The number of carbonyl (C=O) groups excluding carboxylic acids is 1. The first kappa shape index (κ1) is 14.2. The van der Waals surface area contributed by atoms with Crippen LogP contribution in [0.2, 0.25) is 5.02 Å². The second-order valence-corrected chi connectivity index (χ2v) is 5.48. The number of anilines is 1. The second-order valence-electron chi connectivity index (χ2n) is 5.08. The molecular weight excluding hydrogens is 262 g/mol. The van der Waals surface area contributed by atoms with Crippen LogP contribution < -0.4 is 11.1 Å². The first-order valence-corrected chi connectivity index (χ1v) is 6.99. The van der Waals surface area contributed by atoms with E-state index in [4.69, 9.17) is 17.3 Å². The zero-order valence-corrected chi connectivity index (χ0v) is 11.9. The molecule has 1 aliphatic heterocycles. The quantitative estimate of drug-likeness (QED) is 0.835. The Bertz CT molecular complexity index is 464. The number of benzene rings is 1. The van der Waals surface area contributed by atoms with Crippen LogP contribution in [0.1, 0.15) is 29.6 Å². The highest BCUT2D eigenvalue weighted by Gasteiger charge is 2.19. The largest absolute Gasteiger partial charge is 0.398 e. The Labute approximate surface area is 118 Å². The van der Waals surface area contributed by atoms with Crippen LogP contribution >= 0.6 is 11.6 Å².